The molecule has 4 aromatic rings. The number of anilines is 1. The van der Waals surface area contributed by atoms with Crippen LogP contribution in [0.5, 0.6) is 0 Å². The second-order valence-corrected chi connectivity index (χ2v) is 6.44. The van der Waals surface area contributed by atoms with Gasteiger partial charge < -0.3 is 9.88 Å². The molecule has 0 aliphatic heterocycles. The molecule has 0 spiro atoms. The van der Waals surface area contributed by atoms with Gasteiger partial charge in [-0.1, -0.05) is 29.8 Å². The van der Waals surface area contributed by atoms with E-state index in [2.05, 4.69) is 15.4 Å². The molecule has 140 valence electrons. The van der Waals surface area contributed by atoms with Crippen molar-refractivity contribution in [3.63, 3.8) is 0 Å². The second-order valence-electron chi connectivity index (χ2n) is 6.04. The minimum atomic E-state index is -0.594. The van der Waals surface area contributed by atoms with Gasteiger partial charge in [0.25, 0.3) is 11.5 Å². The van der Waals surface area contributed by atoms with Crippen LogP contribution in [-0.4, -0.2) is 25.2 Å². The average Bonchev–Trinajstić information content (AvgIpc) is 3.09. The Morgan fingerprint density at radius 1 is 1.18 bits per heavy atom. The number of halogens is 2. The fraction of sp³-hybridized carbons (Fsp3) is 0.0526. The predicted molar refractivity (Wildman–Crippen MR) is 103 cm³/mol. The summed E-state index contributed by atoms with van der Waals surface area (Å²) in [7, 11) is 1.57. The Morgan fingerprint density at radius 2 is 1.93 bits per heavy atom. The normalized spacial score (nSPS) is 11.0. The van der Waals surface area contributed by atoms with Crippen molar-refractivity contribution in [1.82, 2.24) is 19.3 Å². The van der Waals surface area contributed by atoms with Crippen molar-refractivity contribution in [2.75, 3.05) is 5.32 Å². The summed E-state index contributed by atoms with van der Waals surface area (Å²) in [6.45, 7) is 0. The lowest BCUT2D eigenvalue weighted by Gasteiger charge is -2.04. The van der Waals surface area contributed by atoms with E-state index in [9.17, 15) is 14.0 Å². The van der Waals surface area contributed by atoms with Crippen molar-refractivity contribution in [2.45, 2.75) is 0 Å². The van der Waals surface area contributed by atoms with Gasteiger partial charge in [-0.15, -0.1) is 0 Å². The maximum Gasteiger partial charge on any atom is 0.279 e. The maximum absolute atomic E-state index is 13.3. The van der Waals surface area contributed by atoms with Gasteiger partial charge in [-0.25, -0.2) is 14.1 Å². The van der Waals surface area contributed by atoms with Crippen LogP contribution < -0.4 is 10.9 Å². The standard InChI is InChI=1S/C19H13ClFN5O2/c1-25-10-22-15-16(18(27)23-11-7-8-14(21)13(20)9-11)24-26(17(15)19(25)28)12-5-3-2-4-6-12/h2-10H,1H3,(H,23,27). The van der Waals surface area contributed by atoms with Crippen LogP contribution in [0, 0.1) is 5.82 Å². The number of nitrogens with zero attached hydrogens (tertiary/aromatic N) is 4. The Balaban J connectivity index is 1.85. The number of rotatable bonds is 3. The lowest BCUT2D eigenvalue weighted by Crippen LogP contribution is -2.19. The summed E-state index contributed by atoms with van der Waals surface area (Å²) in [5.74, 6) is -1.19. The third kappa shape index (κ3) is 3.03. The molecular weight excluding hydrogens is 385 g/mol. The number of aryl methyl sites for hydroxylation is 1. The molecule has 1 amide bonds. The van der Waals surface area contributed by atoms with Crippen LogP contribution in [-0.2, 0) is 7.05 Å². The molecule has 0 aliphatic rings. The number of aromatic nitrogens is 4. The number of amides is 1. The summed E-state index contributed by atoms with van der Waals surface area (Å²) < 4.78 is 16.0. The fourth-order valence-corrected chi connectivity index (χ4v) is 2.94. The Labute approximate surface area is 163 Å². The van der Waals surface area contributed by atoms with Crippen molar-refractivity contribution in [2.24, 2.45) is 7.05 Å². The molecule has 2 heterocycles. The van der Waals surface area contributed by atoms with Crippen LogP contribution in [0.4, 0.5) is 10.1 Å². The Morgan fingerprint density at radius 3 is 2.64 bits per heavy atom. The molecule has 0 bridgehead atoms. The van der Waals surface area contributed by atoms with E-state index in [0.29, 0.717) is 11.4 Å². The molecule has 28 heavy (non-hydrogen) atoms. The van der Waals surface area contributed by atoms with Gasteiger partial charge in [0, 0.05) is 12.7 Å². The molecule has 9 heteroatoms. The molecule has 0 fully saturated rings. The number of fused-ring (bicyclic) bond motifs is 1. The van der Waals surface area contributed by atoms with Gasteiger partial charge in [0.15, 0.2) is 11.2 Å². The maximum atomic E-state index is 13.3. The summed E-state index contributed by atoms with van der Waals surface area (Å²) >= 11 is 5.76. The van der Waals surface area contributed by atoms with Crippen molar-refractivity contribution < 1.29 is 9.18 Å². The Kier molecular flexibility index (Phi) is 4.40. The lowest BCUT2D eigenvalue weighted by atomic mass is 10.2. The van der Waals surface area contributed by atoms with Gasteiger partial charge in [-0.3, -0.25) is 9.59 Å². The summed E-state index contributed by atoms with van der Waals surface area (Å²) in [6, 6.07) is 12.8. The summed E-state index contributed by atoms with van der Waals surface area (Å²) in [5, 5.41) is 6.80. The third-order valence-electron chi connectivity index (χ3n) is 4.14. The fourth-order valence-electron chi connectivity index (χ4n) is 2.76. The van der Waals surface area contributed by atoms with Crippen LogP contribution in [0.2, 0.25) is 5.02 Å². The van der Waals surface area contributed by atoms with E-state index in [1.54, 1.807) is 31.3 Å². The molecule has 0 atom stereocenters. The predicted octanol–water partition coefficient (Wildman–Crippen LogP) is 3.16. The Hall–Kier alpha value is -3.52. The number of para-hydroxylation sites is 1. The van der Waals surface area contributed by atoms with Gasteiger partial charge in [0.2, 0.25) is 0 Å². The Bertz CT molecular complexity index is 1270. The molecule has 2 aromatic carbocycles. The zero-order valence-corrected chi connectivity index (χ0v) is 15.3. The topological polar surface area (TPSA) is 81.8 Å². The molecule has 0 saturated heterocycles. The van der Waals surface area contributed by atoms with E-state index in [1.807, 2.05) is 6.07 Å². The molecule has 7 nitrogen and oxygen atoms in total. The zero-order chi connectivity index (χ0) is 19.8. The van der Waals surface area contributed by atoms with Crippen LogP contribution in [0.1, 0.15) is 10.5 Å². The van der Waals surface area contributed by atoms with Crippen LogP contribution in [0.25, 0.3) is 16.7 Å². The van der Waals surface area contributed by atoms with Crippen LogP contribution in [0.15, 0.2) is 59.7 Å². The molecular formula is C19H13ClFN5O2. The summed E-state index contributed by atoms with van der Waals surface area (Å²) in [5.41, 5.74) is 0.877. The van der Waals surface area contributed by atoms with Crippen molar-refractivity contribution in [3.8, 4) is 5.69 Å². The first-order chi connectivity index (χ1) is 13.5. The number of hydrogen-bond donors (Lipinski definition) is 1. The van der Waals surface area contributed by atoms with E-state index in [0.717, 1.165) is 6.07 Å². The quantitative estimate of drug-likeness (QED) is 0.575. The molecule has 0 radical (unpaired) electrons. The summed E-state index contributed by atoms with van der Waals surface area (Å²) in [4.78, 5) is 29.7. The minimum absolute atomic E-state index is 0.0306. The number of hydrogen-bond acceptors (Lipinski definition) is 4. The third-order valence-corrected chi connectivity index (χ3v) is 4.43. The second kappa shape index (κ2) is 6.90. The monoisotopic (exact) mass is 397 g/mol. The SMILES string of the molecule is Cn1cnc2c(C(=O)Nc3ccc(F)c(Cl)c3)nn(-c3ccccc3)c2c1=O. The molecule has 0 saturated carbocycles. The smallest absolute Gasteiger partial charge is 0.279 e. The first-order valence-corrected chi connectivity index (χ1v) is 8.59. The number of carbonyl (C=O) groups excluding carboxylic acids is 1. The average molecular weight is 398 g/mol. The number of carbonyl (C=O) groups is 1. The highest BCUT2D eigenvalue weighted by atomic mass is 35.5. The van der Waals surface area contributed by atoms with Gasteiger partial charge in [-0.2, -0.15) is 5.10 Å². The zero-order valence-electron chi connectivity index (χ0n) is 14.6. The number of benzene rings is 2. The lowest BCUT2D eigenvalue weighted by molar-refractivity contribution is 0.102. The van der Waals surface area contributed by atoms with Crippen LogP contribution >= 0.6 is 11.6 Å². The van der Waals surface area contributed by atoms with Gasteiger partial charge in [0.1, 0.15) is 11.3 Å². The van der Waals surface area contributed by atoms with Gasteiger partial charge in [0.05, 0.1) is 17.0 Å². The molecule has 2 aromatic heterocycles. The first-order valence-electron chi connectivity index (χ1n) is 8.22. The van der Waals surface area contributed by atoms with E-state index in [4.69, 9.17) is 11.6 Å². The molecule has 0 unspecified atom stereocenters. The van der Waals surface area contributed by atoms with Gasteiger partial charge in [-0.05, 0) is 30.3 Å². The van der Waals surface area contributed by atoms with Crippen LogP contribution in [0.3, 0.4) is 0 Å². The van der Waals surface area contributed by atoms with Gasteiger partial charge >= 0.3 is 0 Å². The number of nitrogens with one attached hydrogen (secondary N) is 1. The van der Waals surface area contributed by atoms with Crippen molar-refractivity contribution >= 4 is 34.2 Å². The first kappa shape index (κ1) is 17.9. The highest BCUT2D eigenvalue weighted by Gasteiger charge is 2.22. The van der Waals surface area contributed by atoms with Crippen molar-refractivity contribution in [1.29, 1.82) is 0 Å². The summed E-state index contributed by atoms with van der Waals surface area (Å²) in [6.07, 6.45) is 1.33. The van der Waals surface area contributed by atoms with Crippen molar-refractivity contribution in [3.05, 3.63) is 81.7 Å². The van der Waals surface area contributed by atoms with E-state index >= 15 is 0 Å². The highest BCUT2D eigenvalue weighted by Crippen LogP contribution is 2.22. The van der Waals surface area contributed by atoms with E-state index < -0.39 is 11.7 Å². The molecule has 0 aliphatic carbocycles. The van der Waals surface area contributed by atoms with E-state index in [-0.39, 0.29) is 27.3 Å². The largest absolute Gasteiger partial charge is 0.320 e. The molecule has 4 rings (SSSR count). The highest BCUT2D eigenvalue weighted by molar-refractivity contribution is 6.31. The minimum Gasteiger partial charge on any atom is -0.320 e. The van der Waals surface area contributed by atoms with E-state index in [1.165, 1.54) is 27.7 Å². The molecule has 1 N–H and O–H groups in total.